The van der Waals surface area contributed by atoms with Crippen molar-refractivity contribution in [2.24, 2.45) is 0 Å². The first-order valence-corrected chi connectivity index (χ1v) is 13.8. The van der Waals surface area contributed by atoms with Crippen LogP contribution in [-0.4, -0.2) is 57.7 Å². The quantitative estimate of drug-likeness (QED) is 0.402. The zero-order valence-electron chi connectivity index (χ0n) is 25.3. The summed E-state index contributed by atoms with van der Waals surface area (Å²) in [4.78, 5) is 15.4. The lowest BCUT2D eigenvalue weighted by Gasteiger charge is -2.41. The Hall–Kier alpha value is -2.57. The van der Waals surface area contributed by atoms with Crippen LogP contribution in [0.5, 0.6) is 17.2 Å². The normalized spacial score (nSPS) is 14.6. The van der Waals surface area contributed by atoms with Crippen molar-refractivity contribution < 1.29 is 19.0 Å². The summed E-state index contributed by atoms with van der Waals surface area (Å²) in [6, 6.07) is 10.7. The van der Waals surface area contributed by atoms with Crippen LogP contribution < -0.4 is 14.2 Å². The topological polar surface area (TPSA) is 51.2 Å². The van der Waals surface area contributed by atoms with Gasteiger partial charge in [0.1, 0.15) is 5.75 Å². The molecule has 1 unspecified atom stereocenters. The van der Waals surface area contributed by atoms with Gasteiger partial charge in [-0.15, -0.1) is 0 Å². The molecule has 210 valence electrons. The van der Waals surface area contributed by atoms with Crippen LogP contribution in [0.2, 0.25) is 0 Å². The van der Waals surface area contributed by atoms with Crippen LogP contribution in [0.3, 0.4) is 0 Å². The lowest BCUT2D eigenvalue weighted by molar-refractivity contribution is -0.120. The highest BCUT2D eigenvalue weighted by Gasteiger charge is 2.33. The fourth-order valence-electron chi connectivity index (χ4n) is 4.01. The number of hydrogen-bond acceptors (Lipinski definition) is 6. The SMILES string of the molecule is CC.CC.CCC.CCN(C)C.COc1ccc2c(c1)CCN1Cc3cc(OC)c(OC=O)cc3CC21. The molecule has 0 fully saturated rings. The molecule has 0 N–H and O–H groups in total. The van der Waals surface area contributed by atoms with Crippen molar-refractivity contribution >= 4 is 6.47 Å². The average molecular weight is 517 g/mol. The molecule has 0 saturated heterocycles. The fraction of sp³-hybridized carbons (Fsp3) is 0.581. The zero-order valence-corrected chi connectivity index (χ0v) is 25.3. The van der Waals surface area contributed by atoms with Gasteiger partial charge in [-0.05, 0) is 80.0 Å². The minimum Gasteiger partial charge on any atom is -0.497 e. The molecule has 4 rings (SSSR count). The molecular formula is C31H52N2O4. The molecule has 2 aliphatic rings. The van der Waals surface area contributed by atoms with Gasteiger partial charge in [0.25, 0.3) is 6.47 Å². The number of ether oxygens (including phenoxy) is 3. The van der Waals surface area contributed by atoms with Gasteiger partial charge in [0.2, 0.25) is 0 Å². The molecule has 37 heavy (non-hydrogen) atoms. The minimum absolute atomic E-state index is 0.347. The number of methoxy groups -OCH3 is 2. The zero-order chi connectivity index (χ0) is 28.4. The predicted molar refractivity (Wildman–Crippen MR) is 156 cm³/mol. The molecule has 0 saturated carbocycles. The summed E-state index contributed by atoms with van der Waals surface area (Å²) in [6.07, 6.45) is 3.18. The van der Waals surface area contributed by atoms with Gasteiger partial charge in [0, 0.05) is 19.1 Å². The standard InChI is InChI=1S/C20H21NO4.C4H11N.C3H8.2C2H6/c1-23-16-3-4-17-13(7-16)5-6-21-11-15-10-19(24-2)20(25-12-22)9-14(15)8-18(17)21;1-4-5(2)3;1-3-2;2*1-2/h3-4,7,9-10,12,18H,5-6,8,11H2,1-2H3;4H2,1-3H3;3H2,1-2H3;2*1-2H3. The predicted octanol–water partition coefficient (Wildman–Crippen LogP) is 6.93. The maximum atomic E-state index is 10.8. The molecule has 0 bridgehead atoms. The molecule has 0 spiro atoms. The Morgan fingerprint density at radius 3 is 2.03 bits per heavy atom. The molecule has 0 aliphatic carbocycles. The number of rotatable bonds is 5. The van der Waals surface area contributed by atoms with Crippen molar-refractivity contribution in [1.82, 2.24) is 9.80 Å². The van der Waals surface area contributed by atoms with Crippen LogP contribution in [0.1, 0.15) is 83.2 Å². The Bertz CT molecular complexity index is 899. The second-order valence-electron chi connectivity index (χ2n) is 8.59. The van der Waals surface area contributed by atoms with E-state index in [1.54, 1.807) is 14.2 Å². The highest BCUT2D eigenvalue weighted by atomic mass is 16.5. The molecule has 0 radical (unpaired) electrons. The summed E-state index contributed by atoms with van der Waals surface area (Å²) in [7, 11) is 7.41. The van der Waals surface area contributed by atoms with Gasteiger partial charge >= 0.3 is 0 Å². The van der Waals surface area contributed by atoms with Crippen molar-refractivity contribution in [2.75, 3.05) is 41.4 Å². The molecule has 2 aromatic rings. The van der Waals surface area contributed by atoms with E-state index in [2.05, 4.69) is 56.8 Å². The van der Waals surface area contributed by atoms with Crippen molar-refractivity contribution in [1.29, 1.82) is 0 Å². The van der Waals surface area contributed by atoms with Crippen molar-refractivity contribution in [3.8, 4) is 17.2 Å². The van der Waals surface area contributed by atoms with Gasteiger partial charge in [0.15, 0.2) is 11.5 Å². The largest absolute Gasteiger partial charge is 0.497 e. The molecular weight excluding hydrogens is 464 g/mol. The molecule has 2 aromatic carbocycles. The summed E-state index contributed by atoms with van der Waals surface area (Å²) in [5, 5.41) is 0. The first-order valence-electron chi connectivity index (χ1n) is 13.8. The summed E-state index contributed by atoms with van der Waals surface area (Å²) < 4.78 is 15.8. The molecule has 0 amide bonds. The van der Waals surface area contributed by atoms with Crippen LogP contribution in [0.4, 0.5) is 0 Å². The van der Waals surface area contributed by atoms with E-state index in [1.807, 2.05) is 45.9 Å². The maximum Gasteiger partial charge on any atom is 0.298 e. The number of carbonyl (C=O) groups is 1. The van der Waals surface area contributed by atoms with Crippen LogP contribution in [0.25, 0.3) is 0 Å². The Balaban J connectivity index is 0.000000927. The molecule has 0 aromatic heterocycles. The second-order valence-corrected chi connectivity index (χ2v) is 8.59. The highest BCUT2D eigenvalue weighted by Crippen LogP contribution is 2.42. The summed E-state index contributed by atoms with van der Waals surface area (Å²) in [5.41, 5.74) is 5.18. The van der Waals surface area contributed by atoms with E-state index < -0.39 is 0 Å². The van der Waals surface area contributed by atoms with E-state index in [0.29, 0.717) is 24.0 Å². The van der Waals surface area contributed by atoms with Crippen molar-refractivity contribution in [2.45, 2.75) is 80.3 Å². The highest BCUT2D eigenvalue weighted by molar-refractivity contribution is 5.55. The van der Waals surface area contributed by atoms with Crippen LogP contribution in [0, 0.1) is 0 Å². The van der Waals surface area contributed by atoms with Gasteiger partial charge in [0.05, 0.1) is 14.2 Å². The van der Waals surface area contributed by atoms with Crippen LogP contribution >= 0.6 is 0 Å². The molecule has 1 atom stereocenters. The van der Waals surface area contributed by atoms with Gasteiger partial charge in [-0.1, -0.05) is 61.0 Å². The van der Waals surface area contributed by atoms with E-state index in [0.717, 1.165) is 38.2 Å². The first-order chi connectivity index (χ1) is 17.9. The van der Waals surface area contributed by atoms with E-state index in [-0.39, 0.29) is 0 Å². The molecule has 2 aliphatic heterocycles. The number of hydrogen-bond donors (Lipinski definition) is 0. The monoisotopic (exact) mass is 516 g/mol. The lowest BCUT2D eigenvalue weighted by atomic mass is 9.84. The van der Waals surface area contributed by atoms with E-state index in [1.165, 1.54) is 28.7 Å². The van der Waals surface area contributed by atoms with Gasteiger partial charge in [-0.3, -0.25) is 9.69 Å². The minimum atomic E-state index is 0.347. The summed E-state index contributed by atoms with van der Waals surface area (Å²) in [6.45, 7) is 17.9. The Labute approximate surface area is 226 Å². The van der Waals surface area contributed by atoms with Crippen LogP contribution in [-0.2, 0) is 24.2 Å². The maximum absolute atomic E-state index is 10.8. The number of nitrogens with zero attached hydrogens (tertiary/aromatic N) is 2. The third-order valence-electron chi connectivity index (χ3n) is 5.90. The number of fused-ring (bicyclic) bond motifs is 4. The Morgan fingerprint density at radius 2 is 1.51 bits per heavy atom. The molecule has 6 heteroatoms. The summed E-state index contributed by atoms with van der Waals surface area (Å²) in [5.74, 6) is 2.00. The van der Waals surface area contributed by atoms with Gasteiger partial charge in [-0.25, -0.2) is 0 Å². The third-order valence-corrected chi connectivity index (χ3v) is 5.90. The molecule has 6 nitrogen and oxygen atoms in total. The van der Waals surface area contributed by atoms with Gasteiger partial charge in [-0.2, -0.15) is 0 Å². The number of benzene rings is 2. The molecule has 2 heterocycles. The van der Waals surface area contributed by atoms with Gasteiger partial charge < -0.3 is 19.1 Å². The average Bonchev–Trinajstić information content (AvgIpc) is 2.94. The first kappa shape index (κ1) is 34.4. The lowest BCUT2D eigenvalue weighted by Crippen LogP contribution is -2.39. The van der Waals surface area contributed by atoms with E-state index in [4.69, 9.17) is 14.2 Å². The fourth-order valence-corrected chi connectivity index (χ4v) is 4.01. The third kappa shape index (κ3) is 10.4. The van der Waals surface area contributed by atoms with Crippen LogP contribution in [0.15, 0.2) is 30.3 Å². The van der Waals surface area contributed by atoms with Crippen molar-refractivity contribution in [3.05, 3.63) is 52.6 Å². The Morgan fingerprint density at radius 1 is 0.919 bits per heavy atom. The van der Waals surface area contributed by atoms with E-state index >= 15 is 0 Å². The Kier molecular flexibility index (Phi) is 18.2. The van der Waals surface area contributed by atoms with E-state index in [9.17, 15) is 4.79 Å². The second kappa shape index (κ2) is 19.5. The smallest absolute Gasteiger partial charge is 0.298 e. The summed E-state index contributed by atoms with van der Waals surface area (Å²) >= 11 is 0. The number of carbonyl (C=O) groups excluding carboxylic acids is 1. The van der Waals surface area contributed by atoms with Crippen molar-refractivity contribution in [3.63, 3.8) is 0 Å².